The largest absolute Gasteiger partial charge is 0.316 e. The van der Waals surface area contributed by atoms with Crippen molar-refractivity contribution in [1.82, 2.24) is 5.32 Å². The van der Waals surface area contributed by atoms with Gasteiger partial charge in [-0.1, -0.05) is 0 Å². The smallest absolute Gasteiger partial charge is 0.266 e. The Morgan fingerprint density at radius 1 is 1.60 bits per heavy atom. The Hall–Kier alpha value is -1.52. The lowest BCUT2D eigenvalue weighted by Gasteiger charge is -2.07. The fourth-order valence-corrected chi connectivity index (χ4v) is 0.562. The van der Waals surface area contributed by atoms with E-state index in [1.54, 1.807) is 0 Å². The highest BCUT2D eigenvalue weighted by atomic mass is 16.2. The van der Waals surface area contributed by atoms with Crippen molar-refractivity contribution in [2.24, 2.45) is 10.9 Å². The number of amides is 2. The molecule has 1 unspecified atom stereocenters. The van der Waals surface area contributed by atoms with Gasteiger partial charge in [0.2, 0.25) is 5.91 Å². The molecule has 1 atom stereocenters. The Labute approximate surface area is 56.1 Å². The summed E-state index contributed by atoms with van der Waals surface area (Å²) in [6.07, 6.45) is 1.25. The molecule has 5 heteroatoms. The maximum absolute atomic E-state index is 10.6. The molecule has 0 aromatic carbocycles. The first-order valence-corrected chi connectivity index (χ1v) is 2.58. The highest BCUT2D eigenvalue weighted by Crippen LogP contribution is 1.98. The van der Waals surface area contributed by atoms with Gasteiger partial charge in [0.15, 0.2) is 5.92 Å². The monoisotopic (exact) mass is 140 g/mol. The van der Waals surface area contributed by atoms with Crippen LogP contribution in [0.15, 0.2) is 4.99 Å². The van der Waals surface area contributed by atoms with E-state index in [4.69, 9.17) is 0 Å². The van der Waals surface area contributed by atoms with E-state index in [9.17, 15) is 14.4 Å². The number of nitrogens with zero attached hydrogens (tertiary/aromatic N) is 1. The topological polar surface area (TPSA) is 75.6 Å². The maximum atomic E-state index is 10.6. The standard InChI is InChI=1S/C5H4N2O3/c8-1-3-4(9)6-2-7-5(3)10/h1-3H,(H,6,7,9,10). The fraction of sp³-hybridized carbons (Fsp3) is 0.200. The molecule has 1 N–H and O–H groups in total. The zero-order valence-corrected chi connectivity index (χ0v) is 4.90. The second-order valence-electron chi connectivity index (χ2n) is 1.72. The molecule has 0 spiro atoms. The average Bonchev–Trinajstić information content (AvgIpc) is 1.88. The van der Waals surface area contributed by atoms with Gasteiger partial charge < -0.3 is 10.1 Å². The van der Waals surface area contributed by atoms with Crippen LogP contribution in [0.5, 0.6) is 0 Å². The number of carbonyl (C=O) groups excluding carboxylic acids is 3. The Morgan fingerprint density at radius 3 is 2.70 bits per heavy atom. The van der Waals surface area contributed by atoms with Crippen molar-refractivity contribution >= 4 is 24.4 Å². The molecule has 5 nitrogen and oxygen atoms in total. The number of hydrogen-bond acceptors (Lipinski definition) is 3. The third-order valence-corrected chi connectivity index (χ3v) is 1.08. The molecule has 1 rings (SSSR count). The van der Waals surface area contributed by atoms with Crippen molar-refractivity contribution in [1.29, 1.82) is 0 Å². The first-order valence-electron chi connectivity index (χ1n) is 2.58. The van der Waals surface area contributed by atoms with Crippen LogP contribution in [0.2, 0.25) is 0 Å². The van der Waals surface area contributed by atoms with Gasteiger partial charge >= 0.3 is 0 Å². The average molecular weight is 140 g/mol. The second-order valence-corrected chi connectivity index (χ2v) is 1.72. The van der Waals surface area contributed by atoms with Crippen LogP contribution in [-0.2, 0) is 14.4 Å². The van der Waals surface area contributed by atoms with Gasteiger partial charge in [0.05, 0.1) is 6.34 Å². The van der Waals surface area contributed by atoms with E-state index in [2.05, 4.69) is 10.3 Å². The molecule has 0 fully saturated rings. The van der Waals surface area contributed by atoms with Crippen molar-refractivity contribution in [2.75, 3.05) is 0 Å². The minimum Gasteiger partial charge on any atom is -0.316 e. The third-order valence-electron chi connectivity index (χ3n) is 1.08. The molecule has 1 aliphatic heterocycles. The second kappa shape index (κ2) is 2.38. The molecular weight excluding hydrogens is 136 g/mol. The van der Waals surface area contributed by atoms with Crippen LogP contribution < -0.4 is 5.32 Å². The summed E-state index contributed by atoms with van der Waals surface area (Å²) >= 11 is 0. The quantitative estimate of drug-likeness (QED) is 0.355. The fourth-order valence-electron chi connectivity index (χ4n) is 0.562. The lowest BCUT2D eigenvalue weighted by atomic mass is 10.1. The van der Waals surface area contributed by atoms with E-state index in [1.165, 1.54) is 0 Å². The van der Waals surface area contributed by atoms with Gasteiger partial charge in [-0.25, -0.2) is 4.99 Å². The summed E-state index contributed by atoms with van der Waals surface area (Å²) in [6.45, 7) is 0. The first kappa shape index (κ1) is 6.60. The molecule has 0 aromatic heterocycles. The number of aldehydes is 1. The summed E-state index contributed by atoms with van der Waals surface area (Å²) < 4.78 is 0. The predicted molar refractivity (Wildman–Crippen MR) is 31.2 cm³/mol. The third kappa shape index (κ3) is 0.928. The van der Waals surface area contributed by atoms with Crippen molar-refractivity contribution < 1.29 is 14.4 Å². The number of carbonyl (C=O) groups is 3. The van der Waals surface area contributed by atoms with Crippen LogP contribution >= 0.6 is 0 Å². The van der Waals surface area contributed by atoms with Gasteiger partial charge in [0.25, 0.3) is 5.91 Å². The van der Waals surface area contributed by atoms with Crippen LogP contribution in [0.25, 0.3) is 0 Å². The lowest BCUT2D eigenvalue weighted by Crippen LogP contribution is -2.39. The molecule has 1 heterocycles. The van der Waals surface area contributed by atoms with Gasteiger partial charge in [-0.15, -0.1) is 0 Å². The van der Waals surface area contributed by atoms with E-state index in [1.807, 2.05) is 0 Å². The van der Waals surface area contributed by atoms with Crippen LogP contribution in [-0.4, -0.2) is 24.4 Å². The Kier molecular flexibility index (Phi) is 1.57. The predicted octanol–water partition coefficient (Wildman–Crippen LogP) is -1.51. The van der Waals surface area contributed by atoms with E-state index in [0.717, 1.165) is 6.34 Å². The summed E-state index contributed by atoms with van der Waals surface area (Å²) in [6, 6.07) is 0. The molecule has 0 aliphatic carbocycles. The molecule has 10 heavy (non-hydrogen) atoms. The van der Waals surface area contributed by atoms with E-state index in [0.29, 0.717) is 0 Å². The summed E-state index contributed by atoms with van der Waals surface area (Å²) in [7, 11) is 0. The molecule has 2 amide bonds. The van der Waals surface area contributed by atoms with Gasteiger partial charge in [0, 0.05) is 0 Å². The highest BCUT2D eigenvalue weighted by molar-refractivity contribution is 6.18. The summed E-state index contributed by atoms with van der Waals surface area (Å²) in [5, 5.41) is 2.13. The van der Waals surface area contributed by atoms with Crippen LogP contribution in [0.4, 0.5) is 0 Å². The van der Waals surface area contributed by atoms with Gasteiger partial charge in [-0.05, 0) is 0 Å². The zero-order chi connectivity index (χ0) is 7.56. The molecule has 0 aromatic rings. The normalized spacial score (nSPS) is 24.2. The van der Waals surface area contributed by atoms with E-state index >= 15 is 0 Å². The van der Waals surface area contributed by atoms with Crippen LogP contribution in [0.1, 0.15) is 0 Å². The number of hydrogen-bond donors (Lipinski definition) is 1. The summed E-state index contributed by atoms with van der Waals surface area (Å²) in [5.41, 5.74) is 0. The minimum absolute atomic E-state index is 0.272. The number of rotatable bonds is 1. The van der Waals surface area contributed by atoms with Crippen LogP contribution in [0.3, 0.4) is 0 Å². The molecule has 0 radical (unpaired) electrons. The van der Waals surface area contributed by atoms with E-state index in [-0.39, 0.29) is 6.29 Å². The van der Waals surface area contributed by atoms with Gasteiger partial charge in [-0.2, -0.15) is 0 Å². The zero-order valence-electron chi connectivity index (χ0n) is 4.90. The Morgan fingerprint density at radius 2 is 2.30 bits per heavy atom. The molecule has 0 bridgehead atoms. The molecule has 0 saturated heterocycles. The maximum Gasteiger partial charge on any atom is 0.266 e. The van der Waals surface area contributed by atoms with Crippen molar-refractivity contribution in [3.05, 3.63) is 0 Å². The van der Waals surface area contributed by atoms with Crippen molar-refractivity contribution in [3.63, 3.8) is 0 Å². The molecule has 52 valence electrons. The van der Waals surface area contributed by atoms with Crippen LogP contribution in [0, 0.1) is 5.92 Å². The highest BCUT2D eigenvalue weighted by Gasteiger charge is 2.27. The number of aliphatic imine (C=N–C) groups is 1. The first-order chi connectivity index (χ1) is 4.75. The summed E-state index contributed by atoms with van der Waals surface area (Å²) in [4.78, 5) is 34.4. The lowest BCUT2D eigenvalue weighted by molar-refractivity contribution is -0.136. The molecular formula is C5H4N2O3. The Bertz CT molecular complexity index is 221. The SMILES string of the molecule is O=CC1C(=O)N=CNC1=O. The molecule has 1 aliphatic rings. The number of nitrogens with one attached hydrogen (secondary N) is 1. The van der Waals surface area contributed by atoms with Crippen molar-refractivity contribution in [2.45, 2.75) is 0 Å². The van der Waals surface area contributed by atoms with Gasteiger partial charge in [-0.3, -0.25) is 9.59 Å². The van der Waals surface area contributed by atoms with Crippen molar-refractivity contribution in [3.8, 4) is 0 Å². The Balaban J connectivity index is 2.87. The summed E-state index contributed by atoms with van der Waals surface area (Å²) in [5.74, 6) is -2.57. The van der Waals surface area contributed by atoms with E-state index < -0.39 is 17.7 Å². The minimum atomic E-state index is -1.25. The van der Waals surface area contributed by atoms with Gasteiger partial charge in [0.1, 0.15) is 6.29 Å². The molecule has 0 saturated carbocycles.